The van der Waals surface area contributed by atoms with Crippen molar-refractivity contribution in [2.75, 3.05) is 26.2 Å². The monoisotopic (exact) mass is 1000 g/mol. The van der Waals surface area contributed by atoms with E-state index in [9.17, 15) is 38.4 Å². The van der Waals surface area contributed by atoms with Crippen molar-refractivity contribution in [3.05, 3.63) is 0 Å². The first-order valence-corrected chi connectivity index (χ1v) is 27.4. The smallest absolute Gasteiger partial charge is 0.236 e. The van der Waals surface area contributed by atoms with Crippen LogP contribution in [-0.2, 0) is 38.4 Å². The summed E-state index contributed by atoms with van der Waals surface area (Å²) < 4.78 is 0. The Morgan fingerprint density at radius 1 is 0.361 bits per heavy atom. The Kier molecular flexibility index (Phi) is 12.2. The van der Waals surface area contributed by atoms with Crippen LogP contribution in [0.2, 0.25) is 0 Å². The Labute approximate surface area is 427 Å². The summed E-state index contributed by atoms with van der Waals surface area (Å²) in [5.41, 5.74) is 22.5. The van der Waals surface area contributed by atoms with Crippen molar-refractivity contribution in [3.8, 4) is 0 Å². The molecule has 0 heterocycles. The highest BCUT2D eigenvalue weighted by Crippen LogP contribution is 2.83. The molecule has 72 heavy (non-hydrogen) atoms. The molecule has 0 radical (unpaired) electrons. The van der Waals surface area contributed by atoms with E-state index in [2.05, 4.69) is 104 Å². The van der Waals surface area contributed by atoms with Gasteiger partial charge < -0.3 is 44.2 Å². The van der Waals surface area contributed by atoms with Crippen LogP contribution in [-0.4, -0.2) is 73.4 Å². The van der Waals surface area contributed by atoms with Gasteiger partial charge in [-0.15, -0.1) is 0 Å². The van der Waals surface area contributed by atoms with E-state index in [1.54, 1.807) is 0 Å². The fourth-order valence-electron chi connectivity index (χ4n) is 19.9. The predicted molar refractivity (Wildman–Crippen MR) is 269 cm³/mol. The summed E-state index contributed by atoms with van der Waals surface area (Å²) in [6.07, 6.45) is 9.81. The second-order valence-corrected chi connectivity index (χ2v) is 28.8. The highest BCUT2D eigenvalue weighted by Gasteiger charge is 2.80. The molecule has 0 saturated heterocycles. The molecule has 16 rings (SSSR count). The zero-order valence-electron chi connectivity index (χ0n) is 45.3. The second-order valence-electron chi connectivity index (χ2n) is 28.8. The lowest BCUT2D eigenvalue weighted by molar-refractivity contribution is -0.128. The Bertz CT molecular complexity index is 2130. The first-order chi connectivity index (χ1) is 33.2. The average molecular weight is 1000 g/mol. The number of nitrogens with two attached hydrogens (primary N) is 4. The van der Waals surface area contributed by atoms with Crippen molar-refractivity contribution < 1.29 is 38.4 Å². The molecule has 8 amide bonds. The fourth-order valence-corrected chi connectivity index (χ4v) is 19.9. The first kappa shape index (κ1) is 52.6. The topological polar surface area (TPSA) is 289 Å². The normalized spacial score (nSPS) is 46.6. The molecule has 0 spiro atoms. The van der Waals surface area contributed by atoms with Crippen LogP contribution >= 0.6 is 0 Å². The lowest BCUT2D eigenvalue weighted by atomic mass is 9.45. The summed E-state index contributed by atoms with van der Waals surface area (Å²) in [5, 5.41) is 10.7. The maximum atomic E-state index is 12.1. The SMILES string of the molecule is CC1(C)C2CC1C1C(C(=O)NCC(N)=O)C1(C)C2.CC1(C)C2CC3C(C(=O)NCC(N)=O)C3(C)C1C2.CC12C(C[C@@H]3C[C@H]1C3(C)C)C2C(=O)NCC(N)=O.CC12C(C[C@H]3C[C@@H]1C3(C)C)C2C(=O)NCC(N)=O. The molecule has 8 bridgehead atoms. The maximum absolute atomic E-state index is 12.1. The van der Waals surface area contributed by atoms with E-state index in [4.69, 9.17) is 22.9 Å². The van der Waals surface area contributed by atoms with E-state index >= 15 is 0 Å². The van der Waals surface area contributed by atoms with Gasteiger partial charge in [-0.05, 0) is 166 Å². The minimum Gasteiger partial charge on any atom is -0.368 e. The number of nitrogens with one attached hydrogen (secondary N) is 4. The number of primary amides is 4. The number of amides is 8. The molecular formula is C56H88N8O8. The number of carbonyl (C=O) groups excluding carboxylic acids is 8. The highest BCUT2D eigenvalue weighted by atomic mass is 16.2. The Balaban J connectivity index is 0.000000119. The Morgan fingerprint density at radius 2 is 0.625 bits per heavy atom. The summed E-state index contributed by atoms with van der Waals surface area (Å²) >= 11 is 0. The van der Waals surface area contributed by atoms with Crippen LogP contribution in [0.1, 0.15) is 134 Å². The molecule has 16 saturated carbocycles. The molecule has 16 fully saturated rings. The molecule has 12 N–H and O–H groups in total. The van der Waals surface area contributed by atoms with Crippen LogP contribution in [0.25, 0.3) is 0 Å². The molecule has 0 aromatic rings. The molecule has 400 valence electrons. The quantitative estimate of drug-likeness (QED) is 0.143. The van der Waals surface area contributed by atoms with E-state index in [0.29, 0.717) is 69.0 Å². The second kappa shape index (κ2) is 16.6. The summed E-state index contributed by atoms with van der Waals surface area (Å²) in [5.74, 6) is 6.59. The number of hydrogen-bond donors (Lipinski definition) is 8. The van der Waals surface area contributed by atoms with Gasteiger partial charge in [-0.2, -0.15) is 0 Å². The van der Waals surface area contributed by atoms with Crippen LogP contribution in [0.5, 0.6) is 0 Å². The van der Waals surface area contributed by atoms with Gasteiger partial charge in [0.2, 0.25) is 47.3 Å². The van der Waals surface area contributed by atoms with E-state index in [0.717, 1.165) is 30.1 Å². The van der Waals surface area contributed by atoms with Crippen LogP contribution < -0.4 is 44.2 Å². The minimum absolute atomic E-state index is 0.0321. The first-order valence-electron chi connectivity index (χ1n) is 27.4. The third-order valence-electron chi connectivity index (χ3n) is 24.8. The van der Waals surface area contributed by atoms with Gasteiger partial charge in [0, 0.05) is 23.7 Å². The Hall–Kier alpha value is -4.24. The highest BCUT2D eigenvalue weighted by molar-refractivity contribution is 5.90. The summed E-state index contributed by atoms with van der Waals surface area (Å²) in [7, 11) is 0. The molecule has 16 nitrogen and oxygen atoms in total. The summed E-state index contributed by atoms with van der Waals surface area (Å²) in [6.45, 7) is 27.6. The molecule has 16 unspecified atom stereocenters. The average Bonchev–Trinajstić information content (AvgIpc) is 4.23. The molecule has 0 aliphatic heterocycles. The van der Waals surface area contributed by atoms with Gasteiger partial charge in [0.1, 0.15) is 0 Å². The minimum atomic E-state index is -0.471. The number of rotatable bonds is 12. The number of hydrogen-bond acceptors (Lipinski definition) is 8. The Morgan fingerprint density at radius 3 is 0.847 bits per heavy atom. The van der Waals surface area contributed by atoms with Crippen LogP contribution in [0.3, 0.4) is 0 Å². The standard InChI is InChI=1S/4C14H22N2O2/c1-13(2)7-4-8(13)10-11(14(10,3)5-7)12(18)16-6-9(15)17;3*1-13(2)7-4-8-11(12(18)16-6-10(15)17)14(8,3)9(13)5-7/h7-8,10-11H,4-6H2,1-3H3,(H2,15,17)(H,16,18);3*7-9,11H,4-6H2,1-3H3,(H2,15,17)(H,16,18)/t;2*7-,8?,9+,11?,14?;/m.10./s1. The van der Waals surface area contributed by atoms with Crippen molar-refractivity contribution in [1.29, 1.82) is 0 Å². The molecular weight excluding hydrogens is 913 g/mol. The lowest BCUT2D eigenvalue weighted by Crippen LogP contribution is -2.53. The third-order valence-corrected chi connectivity index (χ3v) is 24.8. The largest absolute Gasteiger partial charge is 0.368 e. The zero-order chi connectivity index (χ0) is 53.2. The van der Waals surface area contributed by atoms with E-state index in [1.165, 1.54) is 44.9 Å². The van der Waals surface area contributed by atoms with Gasteiger partial charge in [-0.1, -0.05) is 83.1 Å². The van der Waals surface area contributed by atoms with Gasteiger partial charge in [-0.3, -0.25) is 38.4 Å². The van der Waals surface area contributed by atoms with Crippen molar-refractivity contribution in [2.45, 2.75) is 134 Å². The van der Waals surface area contributed by atoms with E-state index in [1.807, 2.05) is 0 Å². The van der Waals surface area contributed by atoms with Crippen molar-refractivity contribution >= 4 is 47.3 Å². The van der Waals surface area contributed by atoms with Crippen molar-refractivity contribution in [3.63, 3.8) is 0 Å². The van der Waals surface area contributed by atoms with Gasteiger partial charge in [0.05, 0.1) is 26.2 Å². The maximum Gasteiger partial charge on any atom is 0.236 e. The van der Waals surface area contributed by atoms with Crippen molar-refractivity contribution in [1.82, 2.24) is 21.3 Å². The molecule has 16 heteroatoms. The van der Waals surface area contributed by atoms with E-state index < -0.39 is 23.6 Å². The summed E-state index contributed by atoms with van der Waals surface area (Å²) in [4.78, 5) is 91.4. The molecule has 20 atom stereocenters. The van der Waals surface area contributed by atoms with Crippen LogP contribution in [0.15, 0.2) is 0 Å². The van der Waals surface area contributed by atoms with E-state index in [-0.39, 0.29) is 95.1 Å². The molecule has 16 aliphatic rings. The molecule has 16 aliphatic carbocycles. The number of carbonyl (C=O) groups is 8. The van der Waals surface area contributed by atoms with Crippen LogP contribution in [0.4, 0.5) is 0 Å². The third kappa shape index (κ3) is 7.58. The fraction of sp³-hybridized carbons (Fsp3) is 0.857. The van der Waals surface area contributed by atoms with Crippen molar-refractivity contribution in [2.24, 2.45) is 161 Å². The van der Waals surface area contributed by atoms with Gasteiger partial charge in [0.25, 0.3) is 0 Å². The lowest BCUT2D eigenvalue weighted by Gasteiger charge is -2.59. The van der Waals surface area contributed by atoms with Gasteiger partial charge >= 0.3 is 0 Å². The van der Waals surface area contributed by atoms with Crippen LogP contribution in [0, 0.1) is 138 Å². The molecule has 0 aromatic carbocycles. The van der Waals surface area contributed by atoms with Gasteiger partial charge in [-0.25, -0.2) is 0 Å². The molecule has 0 aromatic heterocycles. The van der Waals surface area contributed by atoms with Gasteiger partial charge in [0.15, 0.2) is 0 Å². The summed E-state index contributed by atoms with van der Waals surface area (Å²) in [6, 6.07) is 0. The zero-order valence-corrected chi connectivity index (χ0v) is 45.3. The predicted octanol–water partition coefficient (Wildman–Crippen LogP) is 3.62.